The molecule has 8 nitrogen and oxygen atoms in total. The maximum atomic E-state index is 13.3. The highest BCUT2D eigenvalue weighted by Crippen LogP contribution is 2.43. The van der Waals surface area contributed by atoms with Crippen molar-refractivity contribution in [3.8, 4) is 17.2 Å². The number of ether oxygens (including phenoxy) is 3. The molecule has 1 amide bonds. The molecular formula is C26H31ClN2O6. The molecule has 2 aromatic rings. The molecule has 0 bridgehead atoms. The van der Waals surface area contributed by atoms with Gasteiger partial charge in [0.1, 0.15) is 23.0 Å². The number of carbonyl (C=O) groups is 2. The lowest BCUT2D eigenvalue weighted by Gasteiger charge is -2.26. The van der Waals surface area contributed by atoms with Crippen molar-refractivity contribution in [3.63, 3.8) is 0 Å². The average molecular weight is 503 g/mol. The molecule has 35 heavy (non-hydrogen) atoms. The standard InChI is InChI=1S/C26H31ClN2O6/c1-6-35-17-10-8-16(9-11-17)23-22(25(31)26(32)29(23)13-7-12-28(2)3)24(30)18-14-21(34-5)19(27)15-20(18)33-4/h8-11,14-15,23,30H,6-7,12-13H2,1-5H3/b24-22+. The van der Waals surface area contributed by atoms with Crippen LogP contribution < -0.4 is 14.2 Å². The molecule has 1 heterocycles. The van der Waals surface area contributed by atoms with Crippen LogP contribution in [0.1, 0.15) is 30.5 Å². The van der Waals surface area contributed by atoms with E-state index in [0.29, 0.717) is 36.6 Å². The number of likely N-dealkylation sites (tertiary alicyclic amines) is 1. The fraction of sp³-hybridized carbons (Fsp3) is 0.385. The molecule has 3 rings (SSSR count). The van der Waals surface area contributed by atoms with Gasteiger partial charge < -0.3 is 29.1 Å². The zero-order valence-electron chi connectivity index (χ0n) is 20.6. The largest absolute Gasteiger partial charge is 0.507 e. The number of amides is 1. The summed E-state index contributed by atoms with van der Waals surface area (Å²) in [5.74, 6) is -0.565. The van der Waals surface area contributed by atoms with E-state index in [1.165, 1.54) is 31.3 Å². The Balaban J connectivity index is 2.17. The molecule has 1 atom stereocenters. The molecule has 2 aromatic carbocycles. The van der Waals surface area contributed by atoms with Crippen molar-refractivity contribution in [3.05, 3.63) is 58.1 Å². The molecule has 0 radical (unpaired) electrons. The minimum absolute atomic E-state index is 0.0216. The molecule has 1 saturated heterocycles. The van der Waals surface area contributed by atoms with Crippen molar-refractivity contribution in [2.75, 3.05) is 48.0 Å². The Morgan fingerprint density at radius 1 is 1.09 bits per heavy atom. The summed E-state index contributed by atoms with van der Waals surface area (Å²) >= 11 is 6.22. The van der Waals surface area contributed by atoms with Gasteiger partial charge in [-0.15, -0.1) is 0 Å². The average Bonchev–Trinajstić information content (AvgIpc) is 3.09. The fourth-order valence-electron chi connectivity index (χ4n) is 4.12. The van der Waals surface area contributed by atoms with E-state index in [4.69, 9.17) is 25.8 Å². The maximum absolute atomic E-state index is 13.3. The van der Waals surface area contributed by atoms with Gasteiger partial charge in [-0.3, -0.25) is 9.59 Å². The number of halogens is 1. The lowest BCUT2D eigenvalue weighted by atomic mass is 9.94. The first-order chi connectivity index (χ1) is 16.7. The maximum Gasteiger partial charge on any atom is 0.295 e. The highest BCUT2D eigenvalue weighted by molar-refractivity contribution is 6.46. The third-order valence-electron chi connectivity index (χ3n) is 5.78. The number of rotatable bonds is 10. The summed E-state index contributed by atoms with van der Waals surface area (Å²) in [5.41, 5.74) is 0.863. The Kier molecular flexibility index (Phi) is 8.64. The van der Waals surface area contributed by atoms with Crippen molar-refractivity contribution in [2.24, 2.45) is 0 Å². The van der Waals surface area contributed by atoms with Crippen LogP contribution in [0.25, 0.3) is 5.76 Å². The van der Waals surface area contributed by atoms with Gasteiger partial charge in [0, 0.05) is 12.6 Å². The van der Waals surface area contributed by atoms with E-state index >= 15 is 0 Å². The number of carbonyl (C=O) groups excluding carboxylic acids is 2. The predicted molar refractivity (Wildman–Crippen MR) is 134 cm³/mol. The highest BCUT2D eigenvalue weighted by Gasteiger charge is 2.46. The number of benzene rings is 2. The number of hydrogen-bond acceptors (Lipinski definition) is 7. The lowest BCUT2D eigenvalue weighted by molar-refractivity contribution is -0.139. The molecule has 0 aromatic heterocycles. The smallest absolute Gasteiger partial charge is 0.295 e. The highest BCUT2D eigenvalue weighted by atomic mass is 35.5. The van der Waals surface area contributed by atoms with Gasteiger partial charge in [0.25, 0.3) is 11.7 Å². The minimum atomic E-state index is -0.779. The van der Waals surface area contributed by atoms with Crippen LogP contribution in [0.4, 0.5) is 0 Å². The zero-order chi connectivity index (χ0) is 25.7. The number of aliphatic hydroxyl groups excluding tert-OH is 1. The topological polar surface area (TPSA) is 88.5 Å². The van der Waals surface area contributed by atoms with Crippen LogP contribution in [0.15, 0.2) is 42.0 Å². The molecule has 0 saturated carbocycles. The van der Waals surface area contributed by atoms with Gasteiger partial charge in [-0.25, -0.2) is 0 Å². The van der Waals surface area contributed by atoms with Crippen LogP contribution >= 0.6 is 11.6 Å². The monoisotopic (exact) mass is 502 g/mol. The summed E-state index contributed by atoms with van der Waals surface area (Å²) in [5, 5.41) is 11.7. The first-order valence-corrected chi connectivity index (χ1v) is 11.7. The van der Waals surface area contributed by atoms with E-state index in [1.54, 1.807) is 24.3 Å². The molecule has 0 aliphatic carbocycles. The van der Waals surface area contributed by atoms with Gasteiger partial charge in [0.05, 0.1) is 43.0 Å². The summed E-state index contributed by atoms with van der Waals surface area (Å²) in [6.45, 7) is 3.49. The van der Waals surface area contributed by atoms with E-state index < -0.39 is 17.7 Å². The van der Waals surface area contributed by atoms with Crippen molar-refractivity contribution >= 4 is 29.1 Å². The van der Waals surface area contributed by atoms with Gasteiger partial charge in [0.15, 0.2) is 0 Å². The Hall–Kier alpha value is -3.23. The number of Topliss-reactive ketones (excluding diaryl/α,β-unsaturated/α-hetero) is 1. The fourth-order valence-corrected chi connectivity index (χ4v) is 4.35. The van der Waals surface area contributed by atoms with Gasteiger partial charge in [0.2, 0.25) is 0 Å². The SMILES string of the molecule is CCOc1ccc(C2/C(=C(\O)c3cc(OC)c(Cl)cc3OC)C(=O)C(=O)N2CCCN(C)C)cc1. The molecule has 1 unspecified atom stereocenters. The van der Waals surface area contributed by atoms with E-state index in [1.807, 2.05) is 25.9 Å². The Bertz CT molecular complexity index is 1110. The van der Waals surface area contributed by atoms with Crippen molar-refractivity contribution in [1.29, 1.82) is 0 Å². The molecule has 0 spiro atoms. The number of methoxy groups -OCH3 is 2. The van der Waals surface area contributed by atoms with Crippen molar-refractivity contribution < 1.29 is 28.9 Å². The van der Waals surface area contributed by atoms with Crippen LogP contribution in [0.3, 0.4) is 0 Å². The van der Waals surface area contributed by atoms with Crippen LogP contribution in [-0.2, 0) is 9.59 Å². The predicted octanol–water partition coefficient (Wildman–Crippen LogP) is 4.13. The Morgan fingerprint density at radius 3 is 2.31 bits per heavy atom. The minimum Gasteiger partial charge on any atom is -0.507 e. The molecular weight excluding hydrogens is 472 g/mol. The number of hydrogen-bond donors (Lipinski definition) is 1. The molecule has 9 heteroatoms. The van der Waals surface area contributed by atoms with E-state index in [-0.39, 0.29) is 27.7 Å². The van der Waals surface area contributed by atoms with Crippen LogP contribution in [0.5, 0.6) is 17.2 Å². The number of nitrogens with zero attached hydrogens (tertiary/aromatic N) is 2. The summed E-state index contributed by atoms with van der Waals surface area (Å²) in [4.78, 5) is 29.9. The Morgan fingerprint density at radius 2 is 1.74 bits per heavy atom. The molecule has 1 aliphatic rings. The van der Waals surface area contributed by atoms with E-state index in [2.05, 4.69) is 0 Å². The van der Waals surface area contributed by atoms with Crippen molar-refractivity contribution in [1.82, 2.24) is 9.80 Å². The van der Waals surface area contributed by atoms with E-state index in [0.717, 1.165) is 6.54 Å². The second-order valence-corrected chi connectivity index (χ2v) is 8.75. The van der Waals surface area contributed by atoms with E-state index in [9.17, 15) is 14.7 Å². The van der Waals surface area contributed by atoms with Crippen LogP contribution in [0.2, 0.25) is 5.02 Å². The number of aliphatic hydroxyl groups is 1. The molecule has 1 N–H and O–H groups in total. The first-order valence-electron chi connectivity index (χ1n) is 11.3. The van der Waals surface area contributed by atoms with Gasteiger partial charge >= 0.3 is 0 Å². The van der Waals surface area contributed by atoms with Crippen LogP contribution in [0, 0.1) is 0 Å². The number of ketones is 1. The van der Waals surface area contributed by atoms with Gasteiger partial charge in [-0.2, -0.15) is 0 Å². The van der Waals surface area contributed by atoms with Gasteiger partial charge in [-0.05, 0) is 57.7 Å². The quantitative estimate of drug-likeness (QED) is 0.297. The summed E-state index contributed by atoms with van der Waals surface area (Å²) in [6, 6.07) is 9.37. The zero-order valence-corrected chi connectivity index (χ0v) is 21.4. The normalized spacial score (nSPS) is 17.2. The van der Waals surface area contributed by atoms with Crippen molar-refractivity contribution in [2.45, 2.75) is 19.4 Å². The second-order valence-electron chi connectivity index (χ2n) is 8.34. The van der Waals surface area contributed by atoms with Gasteiger partial charge in [-0.1, -0.05) is 23.7 Å². The van der Waals surface area contributed by atoms with Crippen LogP contribution in [-0.4, -0.2) is 74.6 Å². The molecule has 1 aliphatic heterocycles. The third kappa shape index (κ3) is 5.55. The summed E-state index contributed by atoms with van der Waals surface area (Å²) < 4.78 is 16.2. The Labute approximate surface area is 210 Å². The molecule has 1 fully saturated rings. The first kappa shape index (κ1) is 26.4. The third-order valence-corrected chi connectivity index (χ3v) is 6.08. The second kappa shape index (κ2) is 11.5. The summed E-state index contributed by atoms with van der Waals surface area (Å²) in [7, 11) is 6.76. The molecule has 188 valence electrons. The summed E-state index contributed by atoms with van der Waals surface area (Å²) in [6.07, 6.45) is 0.658. The lowest BCUT2D eigenvalue weighted by Crippen LogP contribution is -2.32.